The van der Waals surface area contributed by atoms with E-state index in [4.69, 9.17) is 0 Å². The zero-order chi connectivity index (χ0) is 6.85. The van der Waals surface area contributed by atoms with Crippen LogP contribution in [0.2, 0.25) is 0 Å². The molecule has 0 aromatic heterocycles. The van der Waals surface area contributed by atoms with Crippen molar-refractivity contribution in [3.05, 3.63) is 9.28 Å². The summed E-state index contributed by atoms with van der Waals surface area (Å²) in [5, 5.41) is 8.00. The minimum Gasteiger partial charge on any atom is -0.185 e. The van der Waals surface area contributed by atoms with Crippen LogP contribution in [0.3, 0.4) is 0 Å². The van der Waals surface area contributed by atoms with Gasteiger partial charge in [-0.25, -0.2) is 0 Å². The van der Waals surface area contributed by atoms with Gasteiger partial charge in [-0.05, 0) is 48.4 Å². The molecule has 0 radical (unpaired) electrons. The first kappa shape index (κ1) is 7.18. The first-order valence-corrected chi connectivity index (χ1v) is 4.04. The molecule has 1 aliphatic heterocycles. The highest BCUT2D eigenvalue weighted by Crippen LogP contribution is 2.24. The summed E-state index contributed by atoms with van der Waals surface area (Å²) in [6.07, 6.45) is 1.07. The monoisotopic (exact) mass is 236 g/mol. The molecule has 0 fully saturated rings. The molecule has 50 valence electrons. The molecular formula is C6H9IN2. The SMILES string of the molecule is CC1=C(I)N=N[C@H](C)C1. The van der Waals surface area contributed by atoms with E-state index in [0.29, 0.717) is 6.04 Å². The summed E-state index contributed by atoms with van der Waals surface area (Å²) >= 11 is 2.21. The van der Waals surface area contributed by atoms with Crippen molar-refractivity contribution in [2.45, 2.75) is 26.3 Å². The molecule has 0 spiro atoms. The molecule has 1 heterocycles. The maximum absolute atomic E-state index is 4.02. The van der Waals surface area contributed by atoms with Crippen molar-refractivity contribution in [1.82, 2.24) is 0 Å². The molecule has 0 aromatic rings. The lowest BCUT2D eigenvalue weighted by Crippen LogP contribution is -2.01. The zero-order valence-electron chi connectivity index (χ0n) is 5.56. The van der Waals surface area contributed by atoms with E-state index in [1.54, 1.807) is 0 Å². The van der Waals surface area contributed by atoms with Crippen LogP contribution < -0.4 is 0 Å². The van der Waals surface area contributed by atoms with E-state index in [0.717, 1.165) is 10.1 Å². The van der Waals surface area contributed by atoms with Gasteiger partial charge < -0.3 is 0 Å². The predicted molar refractivity (Wildman–Crippen MR) is 45.7 cm³/mol. The number of hydrogen-bond acceptors (Lipinski definition) is 2. The molecule has 0 saturated heterocycles. The van der Waals surface area contributed by atoms with Crippen LogP contribution in [0, 0.1) is 0 Å². The summed E-state index contributed by atoms with van der Waals surface area (Å²) in [5.74, 6) is 0. The Hall–Kier alpha value is 0.0700. The van der Waals surface area contributed by atoms with Crippen LogP contribution in [0.1, 0.15) is 20.3 Å². The topological polar surface area (TPSA) is 24.7 Å². The maximum atomic E-state index is 4.02. The molecule has 9 heavy (non-hydrogen) atoms. The number of rotatable bonds is 0. The number of nitrogens with zero attached hydrogens (tertiary/aromatic N) is 2. The molecular weight excluding hydrogens is 227 g/mol. The van der Waals surface area contributed by atoms with E-state index in [1.807, 2.05) is 0 Å². The third kappa shape index (κ3) is 1.74. The molecule has 1 aliphatic rings. The number of halogens is 1. The first-order chi connectivity index (χ1) is 4.20. The van der Waals surface area contributed by atoms with Gasteiger partial charge in [0.25, 0.3) is 0 Å². The summed E-state index contributed by atoms with van der Waals surface area (Å²) in [7, 11) is 0. The van der Waals surface area contributed by atoms with Gasteiger partial charge in [0, 0.05) is 0 Å². The fourth-order valence-electron chi connectivity index (χ4n) is 0.803. The minimum atomic E-state index is 0.392. The summed E-state index contributed by atoms with van der Waals surface area (Å²) in [6, 6.07) is 0.392. The van der Waals surface area contributed by atoms with Crippen molar-refractivity contribution in [3.8, 4) is 0 Å². The van der Waals surface area contributed by atoms with Crippen LogP contribution in [0.15, 0.2) is 19.5 Å². The van der Waals surface area contributed by atoms with Crippen LogP contribution in [-0.4, -0.2) is 6.04 Å². The van der Waals surface area contributed by atoms with Crippen LogP contribution in [0.25, 0.3) is 0 Å². The first-order valence-electron chi connectivity index (χ1n) is 2.96. The molecule has 0 unspecified atom stereocenters. The van der Waals surface area contributed by atoms with E-state index in [1.165, 1.54) is 5.57 Å². The van der Waals surface area contributed by atoms with Gasteiger partial charge in [-0.1, -0.05) is 0 Å². The van der Waals surface area contributed by atoms with Crippen LogP contribution in [0.4, 0.5) is 0 Å². The van der Waals surface area contributed by atoms with Gasteiger partial charge in [-0.2, -0.15) is 5.11 Å². The van der Waals surface area contributed by atoms with E-state index in [9.17, 15) is 0 Å². The average molecular weight is 236 g/mol. The van der Waals surface area contributed by atoms with Crippen LogP contribution >= 0.6 is 22.6 Å². The second kappa shape index (κ2) is 2.77. The van der Waals surface area contributed by atoms with Gasteiger partial charge >= 0.3 is 0 Å². The Morgan fingerprint density at radius 1 is 1.67 bits per heavy atom. The Morgan fingerprint density at radius 2 is 2.33 bits per heavy atom. The van der Waals surface area contributed by atoms with Crippen molar-refractivity contribution in [2.24, 2.45) is 10.2 Å². The Balaban J connectivity index is 2.75. The number of azo groups is 1. The quantitative estimate of drug-likeness (QED) is 0.456. The van der Waals surface area contributed by atoms with Gasteiger partial charge in [0.15, 0.2) is 0 Å². The molecule has 3 heteroatoms. The Bertz CT molecular complexity index is 172. The second-order valence-electron chi connectivity index (χ2n) is 2.34. The Morgan fingerprint density at radius 3 is 2.78 bits per heavy atom. The normalized spacial score (nSPS) is 27.2. The highest BCUT2D eigenvalue weighted by Gasteiger charge is 2.08. The largest absolute Gasteiger partial charge is 0.185 e. The molecule has 0 aliphatic carbocycles. The zero-order valence-corrected chi connectivity index (χ0v) is 7.71. The summed E-state index contributed by atoms with van der Waals surface area (Å²) < 4.78 is 1.06. The van der Waals surface area contributed by atoms with E-state index in [2.05, 4.69) is 46.7 Å². The third-order valence-corrected chi connectivity index (χ3v) is 2.43. The second-order valence-corrected chi connectivity index (χ2v) is 3.36. The van der Waals surface area contributed by atoms with E-state index >= 15 is 0 Å². The molecule has 0 amide bonds. The summed E-state index contributed by atoms with van der Waals surface area (Å²) in [4.78, 5) is 0. The maximum Gasteiger partial charge on any atom is 0.122 e. The molecule has 0 bridgehead atoms. The van der Waals surface area contributed by atoms with Gasteiger partial charge in [0.05, 0.1) is 6.04 Å². The van der Waals surface area contributed by atoms with Crippen LogP contribution in [0.5, 0.6) is 0 Å². The van der Waals surface area contributed by atoms with Crippen molar-refractivity contribution >= 4 is 22.6 Å². The Kier molecular flexibility index (Phi) is 2.21. The average Bonchev–Trinajstić information content (AvgIpc) is 1.80. The third-order valence-electron chi connectivity index (χ3n) is 1.30. The lowest BCUT2D eigenvalue weighted by molar-refractivity contribution is 0.667. The van der Waals surface area contributed by atoms with Crippen molar-refractivity contribution in [3.63, 3.8) is 0 Å². The Labute approximate surface area is 68.6 Å². The fourth-order valence-corrected chi connectivity index (χ4v) is 1.15. The standard InChI is InChI=1S/C6H9IN2/c1-4-3-5(2)8-9-6(4)7/h5H,3H2,1-2H3/t5-/m1/s1. The van der Waals surface area contributed by atoms with Crippen molar-refractivity contribution in [1.29, 1.82) is 0 Å². The molecule has 0 saturated carbocycles. The van der Waals surface area contributed by atoms with E-state index < -0.39 is 0 Å². The highest BCUT2D eigenvalue weighted by atomic mass is 127. The number of hydrogen-bond donors (Lipinski definition) is 0. The van der Waals surface area contributed by atoms with Crippen molar-refractivity contribution < 1.29 is 0 Å². The summed E-state index contributed by atoms with van der Waals surface area (Å²) in [6.45, 7) is 4.19. The van der Waals surface area contributed by atoms with Gasteiger partial charge in [-0.3, -0.25) is 0 Å². The lowest BCUT2D eigenvalue weighted by Gasteiger charge is -2.10. The highest BCUT2D eigenvalue weighted by molar-refractivity contribution is 14.1. The van der Waals surface area contributed by atoms with E-state index in [-0.39, 0.29) is 0 Å². The molecule has 1 atom stereocenters. The van der Waals surface area contributed by atoms with Gasteiger partial charge in [0.2, 0.25) is 0 Å². The van der Waals surface area contributed by atoms with Crippen molar-refractivity contribution in [2.75, 3.05) is 0 Å². The smallest absolute Gasteiger partial charge is 0.122 e. The molecule has 2 nitrogen and oxygen atoms in total. The fraction of sp³-hybridized carbons (Fsp3) is 0.667. The molecule has 0 N–H and O–H groups in total. The van der Waals surface area contributed by atoms with Gasteiger partial charge in [0.1, 0.15) is 3.70 Å². The minimum absolute atomic E-state index is 0.392. The molecule has 1 rings (SSSR count). The van der Waals surface area contributed by atoms with Gasteiger partial charge in [-0.15, -0.1) is 5.11 Å². The predicted octanol–water partition coefficient (Wildman–Crippen LogP) is 2.90. The summed E-state index contributed by atoms with van der Waals surface area (Å²) in [5.41, 5.74) is 1.36. The molecule has 0 aromatic carbocycles. The lowest BCUT2D eigenvalue weighted by atomic mass is 10.1. The van der Waals surface area contributed by atoms with Crippen LogP contribution in [-0.2, 0) is 0 Å².